The molecule has 0 atom stereocenters. The second-order valence-electron chi connectivity index (χ2n) is 4.74. The Kier molecular flexibility index (Phi) is 3.43. The normalized spacial score (nSPS) is 11.0. The third kappa shape index (κ3) is 2.41. The fraction of sp³-hybridized carbons (Fsp3) is 0.133. The summed E-state index contributed by atoms with van der Waals surface area (Å²) in [5.74, 6) is 0. The molecule has 1 aromatic carbocycles. The second kappa shape index (κ2) is 5.13. The molecule has 0 fully saturated rings. The summed E-state index contributed by atoms with van der Waals surface area (Å²) >= 11 is 11.9. The van der Waals surface area contributed by atoms with Gasteiger partial charge in [-0.15, -0.1) is 0 Å². The van der Waals surface area contributed by atoms with Crippen LogP contribution in [0.2, 0.25) is 10.2 Å². The molecule has 6 heteroatoms. The molecule has 0 spiro atoms. The van der Waals surface area contributed by atoms with Crippen LogP contribution in [0.25, 0.3) is 16.9 Å². The highest BCUT2D eigenvalue weighted by Gasteiger charge is 2.13. The second-order valence-corrected chi connectivity index (χ2v) is 5.56. The van der Waals surface area contributed by atoms with Gasteiger partial charge in [0.1, 0.15) is 10.8 Å². The van der Waals surface area contributed by atoms with E-state index in [9.17, 15) is 4.79 Å². The van der Waals surface area contributed by atoms with Gasteiger partial charge < -0.3 is 0 Å². The van der Waals surface area contributed by atoms with Crippen molar-refractivity contribution in [3.05, 3.63) is 62.2 Å². The lowest BCUT2D eigenvalue weighted by Gasteiger charge is -2.09. The van der Waals surface area contributed by atoms with Gasteiger partial charge >= 0.3 is 0 Å². The van der Waals surface area contributed by atoms with Crippen LogP contribution in [0.4, 0.5) is 0 Å². The maximum absolute atomic E-state index is 12.4. The quantitative estimate of drug-likeness (QED) is 0.687. The van der Waals surface area contributed by atoms with Gasteiger partial charge in [-0.05, 0) is 26.0 Å². The minimum Gasteiger partial charge on any atom is -0.269 e. The number of hydrogen-bond acceptors (Lipinski definition) is 3. The lowest BCUT2D eigenvalue weighted by atomic mass is 10.1. The van der Waals surface area contributed by atoms with Crippen LogP contribution in [0.1, 0.15) is 11.3 Å². The Morgan fingerprint density at radius 1 is 1.05 bits per heavy atom. The van der Waals surface area contributed by atoms with Crippen molar-refractivity contribution < 1.29 is 0 Å². The summed E-state index contributed by atoms with van der Waals surface area (Å²) in [6, 6.07) is 7.16. The Hall–Kier alpha value is -1.91. The van der Waals surface area contributed by atoms with Crippen LogP contribution >= 0.6 is 23.2 Å². The van der Waals surface area contributed by atoms with E-state index >= 15 is 0 Å². The molecule has 2 heterocycles. The monoisotopic (exact) mass is 319 g/mol. The number of benzene rings is 1. The first kappa shape index (κ1) is 14.0. The number of aromatic nitrogens is 3. The molecule has 21 heavy (non-hydrogen) atoms. The highest BCUT2D eigenvalue weighted by molar-refractivity contribution is 6.30. The molecule has 0 aliphatic rings. The van der Waals surface area contributed by atoms with Gasteiger partial charge in [0.15, 0.2) is 5.65 Å². The standard InChI is InChI=1S/C15H11Cl2N3O/c1-8-9(2)18-14-13(10-3-5-11(16)6-4-10)19-12(17)7-20(14)15(8)21/h3-7H,1-2H3. The van der Waals surface area contributed by atoms with Crippen molar-refractivity contribution in [2.75, 3.05) is 0 Å². The molecule has 0 aliphatic heterocycles. The maximum atomic E-state index is 12.4. The Bertz CT molecular complexity index is 901. The van der Waals surface area contributed by atoms with E-state index in [1.54, 1.807) is 26.0 Å². The van der Waals surface area contributed by atoms with Crippen LogP contribution < -0.4 is 5.56 Å². The first-order chi connectivity index (χ1) is 9.97. The number of nitrogens with zero attached hydrogens (tertiary/aromatic N) is 3. The average molecular weight is 320 g/mol. The topological polar surface area (TPSA) is 47.3 Å². The van der Waals surface area contributed by atoms with Crippen LogP contribution in [-0.4, -0.2) is 14.4 Å². The number of rotatable bonds is 1. The van der Waals surface area contributed by atoms with Crippen LogP contribution in [-0.2, 0) is 0 Å². The lowest BCUT2D eigenvalue weighted by molar-refractivity contribution is 0.968. The number of halogens is 2. The molecule has 106 valence electrons. The van der Waals surface area contributed by atoms with E-state index in [-0.39, 0.29) is 10.7 Å². The molecule has 3 rings (SSSR count). The number of aryl methyl sites for hydroxylation is 1. The summed E-state index contributed by atoms with van der Waals surface area (Å²) in [6.45, 7) is 3.55. The largest absolute Gasteiger partial charge is 0.269 e. The first-order valence-corrected chi connectivity index (χ1v) is 7.05. The molecule has 0 N–H and O–H groups in total. The van der Waals surface area contributed by atoms with Gasteiger partial charge in [-0.2, -0.15) is 0 Å². The summed E-state index contributed by atoms with van der Waals surface area (Å²) in [5.41, 5.74) is 2.97. The predicted octanol–water partition coefficient (Wildman–Crippen LogP) is 3.68. The minimum atomic E-state index is -0.142. The zero-order valence-corrected chi connectivity index (χ0v) is 12.9. The zero-order valence-electron chi connectivity index (χ0n) is 11.4. The molecule has 3 aromatic rings. The summed E-state index contributed by atoms with van der Waals surface area (Å²) in [7, 11) is 0. The fourth-order valence-corrected chi connectivity index (χ4v) is 2.42. The Morgan fingerprint density at radius 2 is 1.71 bits per heavy atom. The minimum absolute atomic E-state index is 0.142. The van der Waals surface area contributed by atoms with Gasteiger partial charge in [0.05, 0.1) is 6.20 Å². The van der Waals surface area contributed by atoms with Crippen molar-refractivity contribution in [3.63, 3.8) is 0 Å². The van der Waals surface area contributed by atoms with Gasteiger partial charge in [-0.1, -0.05) is 35.3 Å². The summed E-state index contributed by atoms with van der Waals surface area (Å²) in [5, 5.41) is 0.863. The van der Waals surface area contributed by atoms with Crippen molar-refractivity contribution >= 4 is 28.8 Å². The van der Waals surface area contributed by atoms with Crippen molar-refractivity contribution in [1.29, 1.82) is 0 Å². The molecule has 2 aromatic heterocycles. The smallest absolute Gasteiger partial charge is 0.261 e. The molecule has 4 nitrogen and oxygen atoms in total. The SMILES string of the molecule is Cc1nc2c(-c3ccc(Cl)cc3)nc(Cl)cn2c(=O)c1C. The van der Waals surface area contributed by atoms with E-state index in [0.29, 0.717) is 27.6 Å². The van der Waals surface area contributed by atoms with Crippen LogP contribution in [0.15, 0.2) is 35.3 Å². The van der Waals surface area contributed by atoms with Crippen LogP contribution in [0, 0.1) is 13.8 Å². The van der Waals surface area contributed by atoms with Gasteiger partial charge in [0.25, 0.3) is 5.56 Å². The van der Waals surface area contributed by atoms with Crippen LogP contribution in [0.5, 0.6) is 0 Å². The van der Waals surface area contributed by atoms with E-state index in [1.807, 2.05) is 12.1 Å². The molecule has 0 radical (unpaired) electrons. The van der Waals surface area contributed by atoms with E-state index in [0.717, 1.165) is 5.56 Å². The van der Waals surface area contributed by atoms with Gasteiger partial charge in [-0.25, -0.2) is 9.97 Å². The summed E-state index contributed by atoms with van der Waals surface area (Å²) in [6.07, 6.45) is 1.48. The number of hydrogen-bond donors (Lipinski definition) is 0. The average Bonchev–Trinajstić information content (AvgIpc) is 2.46. The molecular weight excluding hydrogens is 309 g/mol. The van der Waals surface area contributed by atoms with Crippen molar-refractivity contribution in [2.45, 2.75) is 13.8 Å². The molecule has 0 amide bonds. The fourth-order valence-electron chi connectivity index (χ4n) is 2.11. The molecular formula is C15H11Cl2N3O. The Balaban J connectivity index is 2.42. The number of fused-ring (bicyclic) bond motifs is 1. The Labute approximate surface area is 131 Å². The van der Waals surface area contributed by atoms with Crippen LogP contribution in [0.3, 0.4) is 0 Å². The molecule has 0 saturated heterocycles. The zero-order chi connectivity index (χ0) is 15.1. The summed E-state index contributed by atoms with van der Waals surface area (Å²) < 4.78 is 1.43. The molecule has 0 unspecified atom stereocenters. The molecule has 0 saturated carbocycles. The predicted molar refractivity (Wildman–Crippen MR) is 84.2 cm³/mol. The van der Waals surface area contributed by atoms with Gasteiger partial charge in [0.2, 0.25) is 0 Å². The third-order valence-corrected chi connectivity index (χ3v) is 3.80. The highest BCUT2D eigenvalue weighted by atomic mass is 35.5. The molecule has 0 aliphatic carbocycles. The van der Waals surface area contributed by atoms with Crippen molar-refractivity contribution in [1.82, 2.24) is 14.4 Å². The summed E-state index contributed by atoms with van der Waals surface area (Å²) in [4.78, 5) is 21.2. The lowest BCUT2D eigenvalue weighted by Crippen LogP contribution is -2.20. The van der Waals surface area contributed by atoms with Crippen molar-refractivity contribution in [3.8, 4) is 11.3 Å². The van der Waals surface area contributed by atoms with Crippen molar-refractivity contribution in [2.24, 2.45) is 0 Å². The Morgan fingerprint density at radius 3 is 2.38 bits per heavy atom. The van der Waals surface area contributed by atoms with E-state index < -0.39 is 0 Å². The highest BCUT2D eigenvalue weighted by Crippen LogP contribution is 2.24. The first-order valence-electron chi connectivity index (χ1n) is 6.29. The van der Waals surface area contributed by atoms with Gasteiger partial charge in [0, 0.05) is 21.8 Å². The third-order valence-electron chi connectivity index (χ3n) is 3.37. The van der Waals surface area contributed by atoms with E-state index in [4.69, 9.17) is 23.2 Å². The van der Waals surface area contributed by atoms with E-state index in [2.05, 4.69) is 9.97 Å². The van der Waals surface area contributed by atoms with Gasteiger partial charge in [-0.3, -0.25) is 9.20 Å². The maximum Gasteiger partial charge on any atom is 0.261 e. The van der Waals surface area contributed by atoms with E-state index in [1.165, 1.54) is 10.6 Å². The molecule has 0 bridgehead atoms.